The average molecular weight is 260 g/mol. The van der Waals surface area contributed by atoms with Gasteiger partial charge in [0.2, 0.25) is 0 Å². The van der Waals surface area contributed by atoms with E-state index in [0.717, 1.165) is 12.6 Å². The number of benzene rings is 1. The highest BCUT2D eigenvalue weighted by atomic mass is 16.3. The van der Waals surface area contributed by atoms with Crippen LogP contribution >= 0.6 is 0 Å². The second kappa shape index (κ2) is 5.14. The molecule has 2 saturated heterocycles. The van der Waals surface area contributed by atoms with E-state index in [1.54, 1.807) is 6.07 Å². The molecule has 2 aliphatic heterocycles. The van der Waals surface area contributed by atoms with Gasteiger partial charge in [-0.1, -0.05) is 12.1 Å². The van der Waals surface area contributed by atoms with E-state index >= 15 is 0 Å². The molecule has 19 heavy (non-hydrogen) atoms. The molecule has 0 saturated carbocycles. The quantitative estimate of drug-likeness (QED) is 0.885. The maximum Gasteiger partial charge on any atom is 0.115 e. The Morgan fingerprint density at radius 2 is 2.16 bits per heavy atom. The molecule has 0 amide bonds. The van der Waals surface area contributed by atoms with Gasteiger partial charge in [-0.25, -0.2) is 0 Å². The monoisotopic (exact) mass is 260 g/mol. The number of nitrogens with zero attached hydrogens (tertiary/aromatic N) is 2. The maximum atomic E-state index is 9.65. The summed E-state index contributed by atoms with van der Waals surface area (Å²) < 4.78 is 0. The fraction of sp³-hybridized carbons (Fsp3) is 0.625. The first-order valence-electron chi connectivity index (χ1n) is 7.44. The topological polar surface area (TPSA) is 26.7 Å². The van der Waals surface area contributed by atoms with Gasteiger partial charge in [0.1, 0.15) is 5.75 Å². The number of fused-ring (bicyclic) bond motifs is 1. The van der Waals surface area contributed by atoms with Crippen LogP contribution in [0.3, 0.4) is 0 Å². The van der Waals surface area contributed by atoms with Crippen molar-refractivity contribution in [1.29, 1.82) is 0 Å². The predicted molar refractivity (Wildman–Crippen MR) is 77.3 cm³/mol. The molecule has 0 bridgehead atoms. The Morgan fingerprint density at radius 1 is 1.32 bits per heavy atom. The van der Waals surface area contributed by atoms with E-state index in [4.69, 9.17) is 0 Å². The van der Waals surface area contributed by atoms with Gasteiger partial charge in [-0.15, -0.1) is 0 Å². The number of hydrogen-bond donors (Lipinski definition) is 1. The molecule has 2 fully saturated rings. The van der Waals surface area contributed by atoms with Gasteiger partial charge in [0.05, 0.1) is 0 Å². The molecule has 3 heteroatoms. The Hall–Kier alpha value is -1.06. The summed E-state index contributed by atoms with van der Waals surface area (Å²) in [6.07, 6.45) is 2.70. The zero-order valence-corrected chi connectivity index (χ0v) is 11.9. The molecule has 0 aliphatic carbocycles. The number of aromatic hydroxyl groups is 1. The Morgan fingerprint density at radius 3 is 2.95 bits per heavy atom. The van der Waals surface area contributed by atoms with Gasteiger partial charge in [0.15, 0.2) is 0 Å². The SMILES string of the molecule is CC1CN2CCCC2CN1C(C)c1cccc(O)c1. The summed E-state index contributed by atoms with van der Waals surface area (Å²) in [7, 11) is 0. The molecule has 2 heterocycles. The van der Waals surface area contributed by atoms with Crippen LogP contribution in [-0.2, 0) is 0 Å². The second-order valence-electron chi connectivity index (χ2n) is 6.11. The van der Waals surface area contributed by atoms with Crippen LogP contribution in [0, 0.1) is 0 Å². The van der Waals surface area contributed by atoms with Crippen LogP contribution in [0.15, 0.2) is 24.3 Å². The average Bonchev–Trinajstić information content (AvgIpc) is 2.84. The lowest BCUT2D eigenvalue weighted by atomic mass is 10.0. The molecule has 3 nitrogen and oxygen atoms in total. The van der Waals surface area contributed by atoms with Crippen molar-refractivity contribution in [3.63, 3.8) is 0 Å². The Balaban J connectivity index is 1.77. The molecule has 0 aromatic heterocycles. The Bertz CT molecular complexity index is 448. The number of hydrogen-bond acceptors (Lipinski definition) is 3. The highest BCUT2D eigenvalue weighted by molar-refractivity contribution is 5.29. The van der Waals surface area contributed by atoms with Gasteiger partial charge in [0, 0.05) is 31.2 Å². The second-order valence-corrected chi connectivity index (χ2v) is 6.11. The lowest BCUT2D eigenvalue weighted by Crippen LogP contribution is -2.55. The van der Waals surface area contributed by atoms with Gasteiger partial charge in [-0.2, -0.15) is 0 Å². The minimum absolute atomic E-state index is 0.372. The molecular weight excluding hydrogens is 236 g/mol. The number of phenolic OH excluding ortho intramolecular Hbond substituents is 1. The van der Waals surface area contributed by atoms with Gasteiger partial charge >= 0.3 is 0 Å². The predicted octanol–water partition coefficient (Wildman–Crippen LogP) is 2.62. The Kier molecular flexibility index (Phi) is 3.50. The fourth-order valence-electron chi connectivity index (χ4n) is 3.73. The van der Waals surface area contributed by atoms with Gasteiger partial charge in [-0.05, 0) is 50.9 Å². The molecule has 3 unspecified atom stereocenters. The van der Waals surface area contributed by atoms with Crippen LogP contribution < -0.4 is 0 Å². The summed E-state index contributed by atoms with van der Waals surface area (Å²) in [5.74, 6) is 0.372. The van der Waals surface area contributed by atoms with Crippen molar-refractivity contribution >= 4 is 0 Å². The third-order valence-corrected chi connectivity index (χ3v) is 4.84. The molecule has 3 rings (SSSR count). The normalized spacial score (nSPS) is 30.2. The summed E-state index contributed by atoms with van der Waals surface area (Å²) in [4.78, 5) is 5.25. The van der Waals surface area contributed by atoms with Crippen molar-refractivity contribution in [2.45, 2.75) is 44.8 Å². The molecule has 1 N–H and O–H groups in total. The zero-order chi connectivity index (χ0) is 13.4. The Labute approximate surface area is 115 Å². The third kappa shape index (κ3) is 2.49. The van der Waals surface area contributed by atoms with Crippen molar-refractivity contribution in [2.75, 3.05) is 19.6 Å². The largest absolute Gasteiger partial charge is 0.508 e. The standard InChI is InChI=1S/C16H24N2O/c1-12-10-17-8-4-6-15(17)11-18(12)13(2)14-5-3-7-16(19)9-14/h3,5,7,9,12-13,15,19H,4,6,8,10-11H2,1-2H3. The summed E-state index contributed by atoms with van der Waals surface area (Å²) >= 11 is 0. The van der Waals surface area contributed by atoms with Crippen LogP contribution in [0.2, 0.25) is 0 Å². The van der Waals surface area contributed by atoms with Crippen molar-refractivity contribution in [3.8, 4) is 5.75 Å². The van der Waals surface area contributed by atoms with E-state index in [-0.39, 0.29) is 0 Å². The lowest BCUT2D eigenvalue weighted by molar-refractivity contribution is 0.0325. The van der Waals surface area contributed by atoms with Gasteiger partial charge in [0.25, 0.3) is 0 Å². The molecule has 3 atom stereocenters. The van der Waals surface area contributed by atoms with E-state index < -0.39 is 0 Å². The van der Waals surface area contributed by atoms with E-state index in [2.05, 4.69) is 29.7 Å². The molecule has 0 spiro atoms. The summed E-state index contributed by atoms with van der Waals surface area (Å²) in [5, 5.41) is 9.65. The van der Waals surface area contributed by atoms with E-state index in [1.807, 2.05) is 12.1 Å². The molecule has 104 valence electrons. The number of rotatable bonds is 2. The highest BCUT2D eigenvalue weighted by Gasteiger charge is 2.36. The van der Waals surface area contributed by atoms with Gasteiger partial charge in [-0.3, -0.25) is 9.80 Å². The third-order valence-electron chi connectivity index (χ3n) is 4.84. The van der Waals surface area contributed by atoms with E-state index in [1.165, 1.54) is 31.5 Å². The van der Waals surface area contributed by atoms with Crippen LogP contribution in [-0.4, -0.2) is 46.6 Å². The van der Waals surface area contributed by atoms with Crippen LogP contribution in [0.25, 0.3) is 0 Å². The first-order valence-corrected chi connectivity index (χ1v) is 7.44. The first kappa shape index (κ1) is 12.9. The van der Waals surface area contributed by atoms with Crippen LogP contribution in [0.4, 0.5) is 0 Å². The summed E-state index contributed by atoms with van der Waals surface area (Å²) in [6.45, 7) is 8.22. The van der Waals surface area contributed by atoms with Crippen molar-refractivity contribution in [1.82, 2.24) is 9.80 Å². The summed E-state index contributed by atoms with van der Waals surface area (Å²) in [5.41, 5.74) is 1.22. The fourth-order valence-corrected chi connectivity index (χ4v) is 3.73. The van der Waals surface area contributed by atoms with Gasteiger partial charge < -0.3 is 5.11 Å². The molecule has 2 aliphatic rings. The van der Waals surface area contributed by atoms with Crippen molar-refractivity contribution in [3.05, 3.63) is 29.8 Å². The van der Waals surface area contributed by atoms with Crippen molar-refractivity contribution < 1.29 is 5.11 Å². The van der Waals surface area contributed by atoms with E-state index in [0.29, 0.717) is 17.8 Å². The zero-order valence-electron chi connectivity index (χ0n) is 11.9. The molecule has 1 aromatic carbocycles. The first-order chi connectivity index (χ1) is 9.15. The number of piperazine rings is 1. The van der Waals surface area contributed by atoms with E-state index in [9.17, 15) is 5.11 Å². The van der Waals surface area contributed by atoms with Crippen LogP contribution in [0.1, 0.15) is 38.3 Å². The van der Waals surface area contributed by atoms with Crippen molar-refractivity contribution in [2.24, 2.45) is 0 Å². The van der Waals surface area contributed by atoms with Crippen LogP contribution in [0.5, 0.6) is 5.75 Å². The smallest absolute Gasteiger partial charge is 0.115 e. The minimum atomic E-state index is 0.372. The lowest BCUT2D eigenvalue weighted by Gasteiger charge is -2.45. The maximum absolute atomic E-state index is 9.65. The molecule has 1 aromatic rings. The molecular formula is C16H24N2O. The minimum Gasteiger partial charge on any atom is -0.508 e. The molecule has 0 radical (unpaired) electrons. The summed E-state index contributed by atoms with van der Waals surface area (Å²) in [6, 6.07) is 9.43. The number of phenols is 1. The highest BCUT2D eigenvalue weighted by Crippen LogP contribution is 2.31.